The predicted octanol–water partition coefficient (Wildman–Crippen LogP) is 2.93. The monoisotopic (exact) mass is 192 g/mol. The molecule has 2 nitrogen and oxygen atoms in total. The number of hydrogen-bond donors (Lipinski definition) is 1. The minimum atomic E-state index is 0.0540. The van der Waals surface area contributed by atoms with Crippen LogP contribution in [-0.4, -0.2) is 10.9 Å². The van der Waals surface area contributed by atoms with Crippen molar-refractivity contribution < 1.29 is 9.90 Å². The van der Waals surface area contributed by atoms with Gasteiger partial charge in [0.25, 0.3) is 0 Å². The fourth-order valence-corrected chi connectivity index (χ4v) is 1.75. The summed E-state index contributed by atoms with van der Waals surface area (Å²) in [5, 5.41) is 8.83. The molecule has 76 valence electrons. The van der Waals surface area contributed by atoms with Crippen molar-refractivity contribution in [2.24, 2.45) is 5.92 Å². The molecule has 0 aliphatic heterocycles. The Morgan fingerprint density at radius 3 is 3.00 bits per heavy atom. The van der Waals surface area contributed by atoms with Gasteiger partial charge in [0.2, 0.25) is 0 Å². The maximum atomic E-state index is 11.7. The first-order chi connectivity index (χ1) is 6.79. The van der Waals surface area contributed by atoms with Crippen LogP contribution in [0.25, 0.3) is 0 Å². The molecule has 1 atom stereocenters. The lowest BCUT2D eigenvalue weighted by atomic mass is 9.83. The highest BCUT2D eigenvalue weighted by molar-refractivity contribution is 5.97. The highest BCUT2D eigenvalue weighted by atomic mass is 16.2. The Balaban J connectivity index is 2.56. The van der Waals surface area contributed by atoms with E-state index in [9.17, 15) is 4.79 Å². The van der Waals surface area contributed by atoms with Crippen LogP contribution in [0.5, 0.6) is 0 Å². The van der Waals surface area contributed by atoms with Crippen molar-refractivity contribution in [2.45, 2.75) is 25.7 Å². The molecule has 14 heavy (non-hydrogen) atoms. The van der Waals surface area contributed by atoms with Crippen LogP contribution < -0.4 is 0 Å². The summed E-state index contributed by atoms with van der Waals surface area (Å²) in [4.78, 5) is 11.7. The number of allylic oxidation sites excluding steroid dienone is 4. The number of Topliss-reactive ketones (excluding diaryl/α,β-unsaturated/α-hetero) is 1. The Morgan fingerprint density at radius 1 is 1.57 bits per heavy atom. The number of aliphatic hydroxyl groups excluding tert-OH is 1. The normalized spacial score (nSPS) is 25.9. The van der Waals surface area contributed by atoms with Gasteiger partial charge >= 0.3 is 0 Å². The molecular formula is C12H16O2. The molecule has 0 aromatic rings. The summed E-state index contributed by atoms with van der Waals surface area (Å²) in [7, 11) is 0. The van der Waals surface area contributed by atoms with E-state index < -0.39 is 0 Å². The van der Waals surface area contributed by atoms with Crippen molar-refractivity contribution in [2.75, 3.05) is 0 Å². The Hall–Kier alpha value is -1.31. The lowest BCUT2D eigenvalue weighted by molar-refractivity contribution is -0.120. The molecular weight excluding hydrogens is 176 g/mol. The molecule has 1 N–H and O–H groups in total. The lowest BCUT2D eigenvalue weighted by Gasteiger charge is -2.20. The van der Waals surface area contributed by atoms with Gasteiger partial charge < -0.3 is 5.11 Å². The Kier molecular flexibility index (Phi) is 4.17. The zero-order valence-electron chi connectivity index (χ0n) is 8.28. The van der Waals surface area contributed by atoms with Gasteiger partial charge in [0.1, 0.15) is 0 Å². The lowest BCUT2D eigenvalue weighted by Crippen LogP contribution is -2.21. The third kappa shape index (κ3) is 2.59. The predicted molar refractivity (Wildman–Crippen MR) is 57.0 cm³/mol. The van der Waals surface area contributed by atoms with Crippen LogP contribution >= 0.6 is 0 Å². The first-order valence-electron chi connectivity index (χ1n) is 4.94. The maximum Gasteiger partial charge on any atom is 0.165 e. The number of rotatable bonds is 3. The molecule has 0 aromatic carbocycles. The van der Waals surface area contributed by atoms with Gasteiger partial charge in [0.05, 0.1) is 6.26 Å². The summed E-state index contributed by atoms with van der Waals surface area (Å²) in [5.74, 6) is 0.158. The van der Waals surface area contributed by atoms with Crippen molar-refractivity contribution in [1.29, 1.82) is 0 Å². The largest absolute Gasteiger partial charge is 0.515 e. The van der Waals surface area contributed by atoms with Crippen molar-refractivity contribution in [3.05, 3.63) is 36.6 Å². The van der Waals surface area contributed by atoms with Crippen LogP contribution in [0.15, 0.2) is 36.6 Å². The molecule has 1 rings (SSSR count). The Labute approximate surface area is 84.6 Å². The highest BCUT2D eigenvalue weighted by Gasteiger charge is 2.25. The zero-order chi connectivity index (χ0) is 10.4. The Morgan fingerprint density at radius 2 is 2.36 bits per heavy atom. The van der Waals surface area contributed by atoms with E-state index in [-0.39, 0.29) is 11.7 Å². The number of hydrogen-bond acceptors (Lipinski definition) is 2. The van der Waals surface area contributed by atoms with Crippen LogP contribution in [0.2, 0.25) is 0 Å². The second-order valence-corrected chi connectivity index (χ2v) is 3.51. The van der Waals surface area contributed by atoms with Crippen molar-refractivity contribution >= 4 is 5.78 Å². The average molecular weight is 192 g/mol. The van der Waals surface area contributed by atoms with Gasteiger partial charge in [0, 0.05) is 11.5 Å². The highest BCUT2D eigenvalue weighted by Crippen LogP contribution is 2.27. The molecule has 0 saturated heterocycles. The number of aliphatic hydroxyl groups is 1. The molecule has 2 heteroatoms. The molecule has 1 aliphatic carbocycles. The summed E-state index contributed by atoms with van der Waals surface area (Å²) < 4.78 is 0. The molecule has 1 saturated carbocycles. The van der Waals surface area contributed by atoms with E-state index in [1.807, 2.05) is 12.2 Å². The van der Waals surface area contributed by atoms with Crippen molar-refractivity contribution in [3.8, 4) is 0 Å². The van der Waals surface area contributed by atoms with Gasteiger partial charge in [-0.1, -0.05) is 24.8 Å². The van der Waals surface area contributed by atoms with E-state index in [0.29, 0.717) is 5.57 Å². The number of carbonyl (C=O) groups excluding carboxylic acids is 1. The van der Waals surface area contributed by atoms with E-state index in [1.54, 1.807) is 6.08 Å². The standard InChI is InChI=1S/C12H16O2/c1-2-3-4-6-10-7-5-8-11(9-13)12(10)14/h2-4,9-10,13H,1,5-8H2/b4-3+,11-9-. The third-order valence-electron chi connectivity index (χ3n) is 2.53. The minimum absolute atomic E-state index is 0.0540. The molecule has 0 aromatic heterocycles. The number of carbonyl (C=O) groups is 1. The fraction of sp³-hybridized carbons (Fsp3) is 0.417. The van der Waals surface area contributed by atoms with Gasteiger partial charge in [-0.05, 0) is 25.7 Å². The number of ketones is 1. The van der Waals surface area contributed by atoms with Crippen LogP contribution in [0, 0.1) is 5.92 Å². The van der Waals surface area contributed by atoms with Crippen LogP contribution in [-0.2, 0) is 4.79 Å². The molecule has 0 bridgehead atoms. The molecule has 1 fully saturated rings. The van der Waals surface area contributed by atoms with Crippen LogP contribution in [0.3, 0.4) is 0 Å². The quantitative estimate of drug-likeness (QED) is 0.424. The minimum Gasteiger partial charge on any atom is -0.515 e. The van der Waals surface area contributed by atoms with E-state index in [0.717, 1.165) is 31.9 Å². The topological polar surface area (TPSA) is 37.3 Å². The first kappa shape index (κ1) is 10.8. The molecule has 0 spiro atoms. The fourth-order valence-electron chi connectivity index (χ4n) is 1.75. The van der Waals surface area contributed by atoms with Gasteiger partial charge in [-0.15, -0.1) is 0 Å². The van der Waals surface area contributed by atoms with Gasteiger partial charge in [-0.2, -0.15) is 0 Å². The molecule has 0 heterocycles. The Bertz CT molecular complexity index is 274. The van der Waals surface area contributed by atoms with E-state index in [4.69, 9.17) is 5.11 Å². The van der Waals surface area contributed by atoms with E-state index >= 15 is 0 Å². The van der Waals surface area contributed by atoms with E-state index in [2.05, 4.69) is 6.58 Å². The van der Waals surface area contributed by atoms with Crippen molar-refractivity contribution in [1.82, 2.24) is 0 Å². The average Bonchev–Trinajstić information content (AvgIpc) is 2.21. The second-order valence-electron chi connectivity index (χ2n) is 3.51. The summed E-state index contributed by atoms with van der Waals surface area (Å²) in [6, 6.07) is 0. The summed E-state index contributed by atoms with van der Waals surface area (Å²) in [5.41, 5.74) is 0.577. The zero-order valence-corrected chi connectivity index (χ0v) is 8.28. The third-order valence-corrected chi connectivity index (χ3v) is 2.53. The molecule has 0 radical (unpaired) electrons. The molecule has 1 aliphatic rings. The second kappa shape index (κ2) is 5.43. The molecule has 1 unspecified atom stereocenters. The van der Waals surface area contributed by atoms with Gasteiger partial charge in [0.15, 0.2) is 5.78 Å². The maximum absolute atomic E-state index is 11.7. The van der Waals surface area contributed by atoms with Crippen LogP contribution in [0.4, 0.5) is 0 Å². The smallest absolute Gasteiger partial charge is 0.165 e. The summed E-state index contributed by atoms with van der Waals surface area (Å²) in [6.45, 7) is 3.57. The van der Waals surface area contributed by atoms with Gasteiger partial charge in [-0.3, -0.25) is 4.79 Å². The summed E-state index contributed by atoms with van der Waals surface area (Å²) in [6.07, 6.45) is 9.86. The first-order valence-corrected chi connectivity index (χ1v) is 4.94. The molecule has 0 amide bonds. The SMILES string of the molecule is C=C/C=C/CC1CCC/C(=C/O)C1=O. The van der Waals surface area contributed by atoms with Crippen LogP contribution in [0.1, 0.15) is 25.7 Å². The van der Waals surface area contributed by atoms with Crippen molar-refractivity contribution in [3.63, 3.8) is 0 Å². The van der Waals surface area contributed by atoms with Gasteiger partial charge in [-0.25, -0.2) is 0 Å². The van der Waals surface area contributed by atoms with E-state index in [1.165, 1.54) is 0 Å². The summed E-state index contributed by atoms with van der Waals surface area (Å²) >= 11 is 0.